The van der Waals surface area contributed by atoms with Gasteiger partial charge in [0.25, 0.3) is 0 Å². The number of benzene rings is 3. The summed E-state index contributed by atoms with van der Waals surface area (Å²) >= 11 is 1.53. The predicted molar refractivity (Wildman–Crippen MR) is 109 cm³/mol. The Morgan fingerprint density at radius 2 is 1.48 bits per heavy atom. The van der Waals surface area contributed by atoms with Gasteiger partial charge >= 0.3 is 0 Å². The first-order chi connectivity index (χ1) is 13.3. The molecule has 0 N–H and O–H groups in total. The zero-order valence-electron chi connectivity index (χ0n) is 14.4. The minimum Gasteiger partial charge on any atom is -0.284 e. The Morgan fingerprint density at radius 1 is 0.815 bits per heavy atom. The van der Waals surface area contributed by atoms with Crippen LogP contribution in [0, 0.1) is 5.82 Å². The number of thiazole rings is 1. The fourth-order valence-corrected chi connectivity index (χ4v) is 3.57. The summed E-state index contributed by atoms with van der Waals surface area (Å²) in [5.74, 6) is -0.267. The van der Waals surface area contributed by atoms with Crippen molar-refractivity contribution >= 4 is 17.6 Å². The van der Waals surface area contributed by atoms with Crippen molar-refractivity contribution in [2.45, 2.75) is 0 Å². The smallest absolute Gasteiger partial charge is 0.215 e. The molecule has 27 heavy (non-hydrogen) atoms. The lowest BCUT2D eigenvalue weighted by Crippen LogP contribution is -2.13. The topological polar surface area (TPSA) is 29.6 Å². The van der Waals surface area contributed by atoms with Crippen LogP contribution in [0.4, 0.5) is 4.39 Å². The van der Waals surface area contributed by atoms with Gasteiger partial charge in [0.05, 0.1) is 11.9 Å². The van der Waals surface area contributed by atoms with Gasteiger partial charge in [0.15, 0.2) is 0 Å². The van der Waals surface area contributed by atoms with Gasteiger partial charge in [0.2, 0.25) is 4.80 Å². The first-order valence-corrected chi connectivity index (χ1v) is 9.33. The van der Waals surface area contributed by atoms with E-state index in [-0.39, 0.29) is 5.82 Å². The molecule has 0 saturated carbocycles. The fourth-order valence-electron chi connectivity index (χ4n) is 2.71. The number of nitrogens with zero attached hydrogens (tertiary/aromatic N) is 3. The van der Waals surface area contributed by atoms with Crippen molar-refractivity contribution in [1.29, 1.82) is 0 Å². The first-order valence-electron chi connectivity index (χ1n) is 8.45. The highest BCUT2D eigenvalue weighted by atomic mass is 32.1. The van der Waals surface area contributed by atoms with Gasteiger partial charge in [-0.25, -0.2) is 4.39 Å². The summed E-state index contributed by atoms with van der Waals surface area (Å²) in [4.78, 5) is 0.762. The molecule has 4 rings (SSSR count). The number of halogens is 1. The van der Waals surface area contributed by atoms with Crippen LogP contribution in [0.2, 0.25) is 0 Å². The normalized spacial score (nSPS) is 12.0. The van der Waals surface area contributed by atoms with Crippen molar-refractivity contribution in [1.82, 2.24) is 4.57 Å². The fraction of sp³-hybridized carbons (Fsp3) is 0. The van der Waals surface area contributed by atoms with E-state index < -0.39 is 0 Å². The molecule has 0 amide bonds. The molecule has 0 fully saturated rings. The first kappa shape index (κ1) is 17.1. The molecule has 0 aliphatic rings. The van der Waals surface area contributed by atoms with E-state index in [1.54, 1.807) is 18.3 Å². The van der Waals surface area contributed by atoms with Gasteiger partial charge in [0.1, 0.15) is 5.82 Å². The molecule has 0 bridgehead atoms. The molecule has 0 spiro atoms. The molecule has 0 radical (unpaired) electrons. The van der Waals surface area contributed by atoms with Gasteiger partial charge < -0.3 is 0 Å². The van der Waals surface area contributed by atoms with Gasteiger partial charge in [-0.15, -0.1) is 16.4 Å². The Balaban J connectivity index is 1.79. The molecule has 1 heterocycles. The molecule has 0 aliphatic carbocycles. The Labute approximate surface area is 160 Å². The minimum absolute atomic E-state index is 0.267. The second-order valence-electron chi connectivity index (χ2n) is 5.84. The van der Waals surface area contributed by atoms with Crippen LogP contribution in [0.15, 0.2) is 101 Å². The van der Waals surface area contributed by atoms with Crippen molar-refractivity contribution in [3.8, 4) is 16.9 Å². The molecule has 0 saturated heterocycles. The van der Waals surface area contributed by atoms with Gasteiger partial charge in [0, 0.05) is 11.1 Å². The SMILES string of the molecule is Fc1ccc(/C=N/N=c2/scc(-c3ccccc3)n2-c2ccccc2)cc1. The molecule has 0 unspecified atom stereocenters. The highest BCUT2D eigenvalue weighted by molar-refractivity contribution is 7.07. The molecule has 3 aromatic carbocycles. The summed E-state index contributed by atoms with van der Waals surface area (Å²) in [6.07, 6.45) is 1.62. The monoisotopic (exact) mass is 373 g/mol. The summed E-state index contributed by atoms with van der Waals surface area (Å²) in [6.45, 7) is 0. The standard InChI is InChI=1S/C22H16FN3S/c23-19-13-11-17(12-14-19)15-24-25-22-26(20-9-5-2-6-10-20)21(16-27-22)18-7-3-1-4-8-18/h1-16H/b24-15+,25-22+. The van der Waals surface area contributed by atoms with E-state index in [1.807, 2.05) is 48.5 Å². The number of aromatic nitrogens is 1. The van der Waals surface area contributed by atoms with Crippen molar-refractivity contribution in [3.05, 3.63) is 106 Å². The van der Waals surface area contributed by atoms with Crippen molar-refractivity contribution < 1.29 is 4.39 Å². The maximum atomic E-state index is 13.0. The molecule has 0 aliphatic heterocycles. The summed E-state index contributed by atoms with van der Waals surface area (Å²) in [7, 11) is 0. The van der Waals surface area contributed by atoms with Crippen molar-refractivity contribution in [2.24, 2.45) is 10.2 Å². The van der Waals surface area contributed by atoms with Gasteiger partial charge in [-0.3, -0.25) is 4.57 Å². The Morgan fingerprint density at radius 3 is 2.19 bits per heavy atom. The number of hydrogen-bond donors (Lipinski definition) is 0. The van der Waals surface area contributed by atoms with Crippen molar-refractivity contribution in [3.63, 3.8) is 0 Å². The molecule has 1 aromatic heterocycles. The highest BCUT2D eigenvalue weighted by Crippen LogP contribution is 2.23. The molecule has 4 aromatic rings. The van der Waals surface area contributed by atoms with Crippen LogP contribution in [0.1, 0.15) is 5.56 Å². The van der Waals surface area contributed by atoms with E-state index in [0.29, 0.717) is 0 Å². The van der Waals surface area contributed by atoms with Crippen LogP contribution < -0.4 is 4.80 Å². The van der Waals surface area contributed by atoms with Crippen LogP contribution in [-0.4, -0.2) is 10.8 Å². The zero-order valence-corrected chi connectivity index (χ0v) is 15.2. The van der Waals surface area contributed by atoms with E-state index >= 15 is 0 Å². The second kappa shape index (κ2) is 7.93. The molecule has 5 heteroatoms. The molecule has 132 valence electrons. The van der Waals surface area contributed by atoms with Crippen LogP contribution in [0.3, 0.4) is 0 Å². The Kier molecular flexibility index (Phi) is 5.03. The summed E-state index contributed by atoms with van der Waals surface area (Å²) in [5.41, 5.74) is 3.99. The average Bonchev–Trinajstić information content (AvgIpc) is 3.15. The van der Waals surface area contributed by atoms with Gasteiger partial charge in [-0.1, -0.05) is 60.7 Å². The highest BCUT2D eigenvalue weighted by Gasteiger charge is 2.09. The van der Waals surface area contributed by atoms with E-state index in [9.17, 15) is 4.39 Å². The van der Waals surface area contributed by atoms with Crippen LogP contribution in [0.5, 0.6) is 0 Å². The zero-order chi connectivity index (χ0) is 18.5. The van der Waals surface area contributed by atoms with Gasteiger partial charge in [-0.2, -0.15) is 5.10 Å². The summed E-state index contributed by atoms with van der Waals surface area (Å²) < 4.78 is 15.1. The Hall–Kier alpha value is -3.31. The lowest BCUT2D eigenvalue weighted by Gasteiger charge is -2.08. The number of rotatable bonds is 4. The molecular formula is C22H16FN3S. The van der Waals surface area contributed by atoms with E-state index in [4.69, 9.17) is 0 Å². The minimum atomic E-state index is -0.267. The largest absolute Gasteiger partial charge is 0.284 e. The summed E-state index contributed by atoms with van der Waals surface area (Å²) in [6, 6.07) is 26.4. The van der Waals surface area contributed by atoms with Crippen molar-refractivity contribution in [2.75, 3.05) is 0 Å². The van der Waals surface area contributed by atoms with Crippen LogP contribution >= 0.6 is 11.3 Å². The van der Waals surface area contributed by atoms with E-state index in [1.165, 1.54) is 23.5 Å². The van der Waals surface area contributed by atoms with E-state index in [2.05, 4.69) is 32.3 Å². The maximum Gasteiger partial charge on any atom is 0.215 e. The number of hydrogen-bond acceptors (Lipinski definition) is 3. The lowest BCUT2D eigenvalue weighted by molar-refractivity contribution is 0.628. The average molecular weight is 373 g/mol. The molecular weight excluding hydrogens is 357 g/mol. The number of para-hydroxylation sites is 1. The van der Waals surface area contributed by atoms with Crippen LogP contribution in [-0.2, 0) is 0 Å². The summed E-state index contributed by atoms with van der Waals surface area (Å²) in [5, 5.41) is 10.7. The Bertz CT molecular complexity index is 1110. The third kappa shape index (κ3) is 3.93. The van der Waals surface area contributed by atoms with Gasteiger partial charge in [-0.05, 0) is 35.4 Å². The predicted octanol–water partition coefficient (Wildman–Crippen LogP) is 5.28. The lowest BCUT2D eigenvalue weighted by atomic mass is 10.1. The third-order valence-electron chi connectivity index (χ3n) is 4.01. The van der Waals surface area contributed by atoms with E-state index in [0.717, 1.165) is 27.3 Å². The third-order valence-corrected chi connectivity index (χ3v) is 4.83. The van der Waals surface area contributed by atoms with Crippen LogP contribution in [0.25, 0.3) is 16.9 Å². The quantitative estimate of drug-likeness (QED) is 0.344. The maximum absolute atomic E-state index is 13.0. The molecule has 3 nitrogen and oxygen atoms in total. The molecule has 0 atom stereocenters. The second-order valence-corrected chi connectivity index (χ2v) is 6.67.